The molecule has 2 atom stereocenters. The summed E-state index contributed by atoms with van der Waals surface area (Å²) in [6, 6.07) is 11.8. The van der Waals surface area contributed by atoms with Crippen molar-refractivity contribution in [2.24, 2.45) is 11.8 Å². The standard InChI is InChI=1S/C29H37N5O3/c35-27-24-11-16-33(18-21-5-4-6-21)26(24)31-20-34(27)19-22-9-14-32(15-10-22)28(36)29(37)12-13-30-17-25(29)23-7-2-1-3-8-23/h1-3,7-8,11,16,20-22,25,30,37H,4-6,9-10,12-15,17-19H2/t25-,29+/m0/s1. The number of likely N-dealkylation sites (tertiary alicyclic amines) is 1. The Morgan fingerprint density at radius 3 is 2.49 bits per heavy atom. The first-order valence-electron chi connectivity index (χ1n) is 13.8. The maximum atomic E-state index is 13.6. The van der Waals surface area contributed by atoms with Gasteiger partial charge in [0.15, 0.2) is 5.60 Å². The van der Waals surface area contributed by atoms with Crippen molar-refractivity contribution in [1.29, 1.82) is 0 Å². The van der Waals surface area contributed by atoms with Crippen LogP contribution in [0.5, 0.6) is 0 Å². The number of hydrogen-bond donors (Lipinski definition) is 2. The second-order valence-corrected chi connectivity index (χ2v) is 11.3. The number of aromatic nitrogens is 3. The Morgan fingerprint density at radius 2 is 1.76 bits per heavy atom. The van der Waals surface area contributed by atoms with E-state index < -0.39 is 5.60 Å². The molecular weight excluding hydrogens is 466 g/mol. The van der Waals surface area contributed by atoms with Crippen molar-refractivity contribution in [2.75, 3.05) is 26.2 Å². The zero-order chi connectivity index (χ0) is 25.4. The number of carbonyl (C=O) groups excluding carboxylic acids is 1. The van der Waals surface area contributed by atoms with E-state index in [1.54, 1.807) is 10.9 Å². The van der Waals surface area contributed by atoms with Gasteiger partial charge in [-0.25, -0.2) is 4.98 Å². The topological polar surface area (TPSA) is 92.4 Å². The third kappa shape index (κ3) is 4.61. The molecular formula is C29H37N5O3. The molecule has 0 unspecified atom stereocenters. The minimum atomic E-state index is -1.39. The first-order chi connectivity index (χ1) is 18.0. The van der Waals surface area contributed by atoms with E-state index in [2.05, 4.69) is 14.9 Å². The minimum absolute atomic E-state index is 0.0191. The first kappa shape index (κ1) is 24.4. The van der Waals surface area contributed by atoms with Crippen molar-refractivity contribution in [3.8, 4) is 0 Å². The average molecular weight is 504 g/mol. The molecule has 0 radical (unpaired) electrons. The monoisotopic (exact) mass is 503 g/mol. The summed E-state index contributed by atoms with van der Waals surface area (Å²) in [7, 11) is 0. The van der Waals surface area contributed by atoms with Crippen molar-refractivity contribution in [2.45, 2.75) is 63.1 Å². The Bertz CT molecular complexity index is 1310. The highest BCUT2D eigenvalue weighted by atomic mass is 16.3. The normalized spacial score (nSPS) is 25.3. The summed E-state index contributed by atoms with van der Waals surface area (Å²) >= 11 is 0. The van der Waals surface area contributed by atoms with Crippen molar-refractivity contribution in [3.05, 3.63) is 64.8 Å². The molecule has 1 amide bonds. The number of nitrogens with zero attached hydrogens (tertiary/aromatic N) is 4. The predicted octanol–water partition coefficient (Wildman–Crippen LogP) is 2.74. The highest BCUT2D eigenvalue weighted by molar-refractivity contribution is 5.86. The summed E-state index contributed by atoms with van der Waals surface area (Å²) in [5.74, 6) is 0.583. The lowest BCUT2D eigenvalue weighted by Gasteiger charge is -2.43. The third-order valence-electron chi connectivity index (χ3n) is 8.96. The molecule has 3 fully saturated rings. The minimum Gasteiger partial charge on any atom is -0.379 e. The van der Waals surface area contributed by atoms with Gasteiger partial charge in [-0.1, -0.05) is 36.8 Å². The van der Waals surface area contributed by atoms with E-state index in [1.165, 1.54) is 19.3 Å². The molecule has 8 heteroatoms. The van der Waals surface area contributed by atoms with Crippen LogP contribution in [0.25, 0.3) is 11.0 Å². The fourth-order valence-electron chi connectivity index (χ4n) is 6.41. The number of amides is 1. The van der Waals surface area contributed by atoms with Crippen LogP contribution < -0.4 is 10.9 Å². The van der Waals surface area contributed by atoms with Crippen LogP contribution in [-0.4, -0.2) is 61.8 Å². The second kappa shape index (κ2) is 10.1. The highest BCUT2D eigenvalue weighted by Crippen LogP contribution is 2.36. The van der Waals surface area contributed by atoms with Crippen molar-refractivity contribution in [3.63, 3.8) is 0 Å². The fraction of sp³-hybridized carbons (Fsp3) is 0.552. The molecule has 0 spiro atoms. The number of rotatable bonds is 6. The van der Waals surface area contributed by atoms with E-state index in [0.717, 1.165) is 30.6 Å². The van der Waals surface area contributed by atoms with Crippen LogP contribution in [0.2, 0.25) is 0 Å². The molecule has 2 aliphatic heterocycles. The maximum absolute atomic E-state index is 13.6. The maximum Gasteiger partial charge on any atom is 0.262 e. The van der Waals surface area contributed by atoms with Gasteiger partial charge in [0.25, 0.3) is 11.5 Å². The quantitative estimate of drug-likeness (QED) is 0.540. The zero-order valence-corrected chi connectivity index (χ0v) is 21.4. The van der Waals surface area contributed by atoms with E-state index in [9.17, 15) is 14.7 Å². The SMILES string of the molecule is O=C(N1CCC(Cn2cnc3c(ccn3CC3CCC3)c2=O)CC1)[C@@]1(O)CCNC[C@H]1c1ccccc1. The summed E-state index contributed by atoms with van der Waals surface area (Å²) in [5, 5.41) is 15.7. The summed E-state index contributed by atoms with van der Waals surface area (Å²) in [4.78, 5) is 33.3. The second-order valence-electron chi connectivity index (χ2n) is 11.3. The summed E-state index contributed by atoms with van der Waals surface area (Å²) in [5.41, 5.74) is 0.407. The van der Waals surface area contributed by atoms with Crippen molar-refractivity contribution < 1.29 is 9.90 Å². The van der Waals surface area contributed by atoms with Crippen molar-refractivity contribution >= 4 is 16.9 Å². The van der Waals surface area contributed by atoms with Gasteiger partial charge < -0.3 is 19.9 Å². The van der Waals surface area contributed by atoms with E-state index in [0.29, 0.717) is 56.4 Å². The van der Waals surface area contributed by atoms with Crippen LogP contribution in [0.4, 0.5) is 0 Å². The first-order valence-corrected chi connectivity index (χ1v) is 13.8. The molecule has 3 aromatic rings. The van der Waals surface area contributed by atoms with Crippen LogP contribution in [0, 0.1) is 11.8 Å². The number of hydrogen-bond acceptors (Lipinski definition) is 5. The van der Waals surface area contributed by atoms with Gasteiger partial charge in [-0.2, -0.15) is 0 Å². The Morgan fingerprint density at radius 1 is 1.03 bits per heavy atom. The van der Waals surface area contributed by atoms with E-state index in [4.69, 9.17) is 0 Å². The lowest BCUT2D eigenvalue weighted by Crippen LogP contribution is -2.59. The van der Waals surface area contributed by atoms with Crippen molar-refractivity contribution in [1.82, 2.24) is 24.3 Å². The molecule has 1 aromatic carbocycles. The summed E-state index contributed by atoms with van der Waals surface area (Å²) in [6.07, 6.45) is 9.55. The van der Waals surface area contributed by atoms with Crippen LogP contribution in [0.1, 0.15) is 50.0 Å². The molecule has 196 valence electrons. The number of aliphatic hydroxyl groups is 1. The molecule has 6 rings (SSSR count). The number of benzene rings is 1. The number of carbonyl (C=O) groups is 1. The van der Waals surface area contributed by atoms with Gasteiger partial charge in [-0.3, -0.25) is 14.2 Å². The molecule has 2 saturated heterocycles. The van der Waals surface area contributed by atoms with Crippen LogP contribution in [0.3, 0.4) is 0 Å². The largest absolute Gasteiger partial charge is 0.379 e. The molecule has 0 bridgehead atoms. The third-order valence-corrected chi connectivity index (χ3v) is 8.96. The smallest absolute Gasteiger partial charge is 0.262 e. The van der Waals surface area contributed by atoms with Gasteiger partial charge >= 0.3 is 0 Å². The molecule has 4 heterocycles. The molecule has 3 aliphatic rings. The Hall–Kier alpha value is -2.97. The predicted molar refractivity (Wildman–Crippen MR) is 142 cm³/mol. The fourth-order valence-corrected chi connectivity index (χ4v) is 6.41. The van der Waals surface area contributed by atoms with Crippen LogP contribution >= 0.6 is 0 Å². The molecule has 1 saturated carbocycles. The summed E-state index contributed by atoms with van der Waals surface area (Å²) in [6.45, 7) is 3.97. The van der Waals surface area contributed by atoms with Gasteiger partial charge in [0.2, 0.25) is 0 Å². The molecule has 8 nitrogen and oxygen atoms in total. The number of nitrogens with one attached hydrogen (secondary N) is 1. The Balaban J connectivity index is 1.11. The molecule has 2 aromatic heterocycles. The Labute approximate surface area is 217 Å². The molecule has 2 N–H and O–H groups in total. The molecule has 37 heavy (non-hydrogen) atoms. The van der Waals surface area contributed by atoms with Gasteiger partial charge in [0.1, 0.15) is 5.65 Å². The van der Waals surface area contributed by atoms with E-state index in [1.807, 2.05) is 47.5 Å². The highest BCUT2D eigenvalue weighted by Gasteiger charge is 2.48. The van der Waals surface area contributed by atoms with E-state index in [-0.39, 0.29) is 17.4 Å². The Kier molecular flexibility index (Phi) is 6.63. The van der Waals surface area contributed by atoms with Gasteiger partial charge in [0, 0.05) is 44.8 Å². The van der Waals surface area contributed by atoms with E-state index >= 15 is 0 Å². The lowest BCUT2D eigenvalue weighted by molar-refractivity contribution is -0.158. The number of fused-ring (bicyclic) bond motifs is 1. The average Bonchev–Trinajstić information content (AvgIpc) is 3.32. The van der Waals surface area contributed by atoms with Crippen LogP contribution in [-0.2, 0) is 17.9 Å². The van der Waals surface area contributed by atoms with Gasteiger partial charge in [-0.15, -0.1) is 0 Å². The van der Waals surface area contributed by atoms with Gasteiger partial charge in [-0.05, 0) is 62.1 Å². The number of piperidine rings is 2. The van der Waals surface area contributed by atoms with Gasteiger partial charge in [0.05, 0.1) is 11.7 Å². The zero-order valence-electron chi connectivity index (χ0n) is 21.4. The lowest BCUT2D eigenvalue weighted by atomic mass is 9.76. The molecule has 1 aliphatic carbocycles. The summed E-state index contributed by atoms with van der Waals surface area (Å²) < 4.78 is 3.87. The van der Waals surface area contributed by atoms with Crippen LogP contribution in [0.15, 0.2) is 53.7 Å².